The molecule has 0 bridgehead atoms. The second kappa shape index (κ2) is 10.5. The minimum Gasteiger partial charge on any atom is -0.379 e. The van der Waals surface area contributed by atoms with Gasteiger partial charge in [0.25, 0.3) is 5.69 Å². The van der Waals surface area contributed by atoms with E-state index in [0.717, 1.165) is 16.8 Å². The van der Waals surface area contributed by atoms with Crippen LogP contribution in [0.4, 0.5) is 16.5 Å². The van der Waals surface area contributed by atoms with Crippen molar-refractivity contribution in [2.24, 2.45) is 0 Å². The van der Waals surface area contributed by atoms with E-state index < -0.39 is 4.92 Å². The third kappa shape index (κ3) is 6.11. The van der Waals surface area contributed by atoms with Gasteiger partial charge in [0.15, 0.2) is 5.13 Å². The predicted molar refractivity (Wildman–Crippen MR) is 125 cm³/mol. The highest BCUT2D eigenvalue weighted by atomic mass is 32.1. The molecule has 1 atom stereocenters. The van der Waals surface area contributed by atoms with Crippen molar-refractivity contribution in [3.05, 3.63) is 69.6 Å². The maximum Gasteiger partial charge on any atom is 0.292 e. The Morgan fingerprint density at radius 3 is 2.56 bits per heavy atom. The van der Waals surface area contributed by atoms with E-state index in [1.807, 2.05) is 36.6 Å². The summed E-state index contributed by atoms with van der Waals surface area (Å²) in [6, 6.07) is 13.9. The highest BCUT2D eigenvalue weighted by Gasteiger charge is 2.13. The molecule has 2 amide bonds. The lowest BCUT2D eigenvalue weighted by Crippen LogP contribution is -2.23. The molecule has 2 aromatic carbocycles. The largest absolute Gasteiger partial charge is 0.379 e. The van der Waals surface area contributed by atoms with Crippen molar-refractivity contribution in [1.29, 1.82) is 0 Å². The number of carbonyl (C=O) groups excluding carboxylic acids is 2. The molecule has 1 aromatic heterocycles. The van der Waals surface area contributed by atoms with Gasteiger partial charge in [0.05, 0.1) is 16.7 Å². The van der Waals surface area contributed by atoms with E-state index in [4.69, 9.17) is 0 Å². The van der Waals surface area contributed by atoms with Crippen LogP contribution in [0.25, 0.3) is 11.3 Å². The summed E-state index contributed by atoms with van der Waals surface area (Å²) in [6.07, 6.45) is 0.136. The Balaban J connectivity index is 1.53. The minimum absolute atomic E-state index is 0.0324. The van der Waals surface area contributed by atoms with Crippen LogP contribution in [-0.4, -0.2) is 28.3 Å². The number of nitrogens with zero attached hydrogens (tertiary/aromatic N) is 2. The summed E-state index contributed by atoms with van der Waals surface area (Å²) in [6.45, 7) is 3.65. The van der Waals surface area contributed by atoms with Gasteiger partial charge in [-0.1, -0.05) is 36.4 Å². The van der Waals surface area contributed by atoms with Gasteiger partial charge < -0.3 is 16.0 Å². The van der Waals surface area contributed by atoms with Crippen LogP contribution in [0.2, 0.25) is 0 Å². The SMILES string of the molecule is CC(=O)NC(C)c1ccc(-c2csc(NC(=O)CCNc3ccccc3[N+](=O)[O-])n2)cc1. The first-order chi connectivity index (χ1) is 15.3. The molecular formula is C22H23N5O4S. The molecule has 9 nitrogen and oxygen atoms in total. The monoisotopic (exact) mass is 453 g/mol. The molecule has 32 heavy (non-hydrogen) atoms. The van der Waals surface area contributed by atoms with E-state index in [9.17, 15) is 19.7 Å². The van der Waals surface area contributed by atoms with Crippen LogP contribution in [0.5, 0.6) is 0 Å². The van der Waals surface area contributed by atoms with Gasteiger partial charge in [-0.15, -0.1) is 11.3 Å². The van der Waals surface area contributed by atoms with Crippen molar-refractivity contribution in [3.63, 3.8) is 0 Å². The molecule has 0 saturated heterocycles. The number of aromatic nitrogens is 1. The lowest BCUT2D eigenvalue weighted by atomic mass is 10.1. The van der Waals surface area contributed by atoms with E-state index >= 15 is 0 Å². The molecule has 0 radical (unpaired) electrons. The molecule has 0 aliphatic heterocycles. The normalized spacial score (nSPS) is 11.4. The van der Waals surface area contributed by atoms with Gasteiger partial charge in [-0.25, -0.2) is 4.98 Å². The molecule has 0 aliphatic carbocycles. The number of nitrogens with one attached hydrogen (secondary N) is 3. The van der Waals surface area contributed by atoms with Gasteiger partial charge in [0.2, 0.25) is 11.8 Å². The van der Waals surface area contributed by atoms with E-state index in [1.54, 1.807) is 18.2 Å². The number of rotatable bonds is 9. The topological polar surface area (TPSA) is 126 Å². The lowest BCUT2D eigenvalue weighted by molar-refractivity contribution is -0.384. The van der Waals surface area contributed by atoms with Crippen LogP contribution in [0, 0.1) is 10.1 Å². The number of benzene rings is 2. The zero-order valence-electron chi connectivity index (χ0n) is 17.6. The summed E-state index contributed by atoms with van der Waals surface area (Å²) in [4.78, 5) is 38.4. The number of hydrogen-bond donors (Lipinski definition) is 3. The Bertz CT molecular complexity index is 1110. The number of para-hydroxylation sites is 2. The molecule has 10 heteroatoms. The number of nitro groups is 1. The van der Waals surface area contributed by atoms with Crippen molar-refractivity contribution < 1.29 is 14.5 Å². The Labute approximate surface area is 189 Å². The molecule has 0 saturated carbocycles. The number of amides is 2. The minimum atomic E-state index is -0.466. The van der Waals surface area contributed by atoms with Crippen molar-refractivity contribution in [2.45, 2.75) is 26.3 Å². The second-order valence-corrected chi connectivity index (χ2v) is 7.94. The molecule has 1 unspecified atom stereocenters. The van der Waals surface area contributed by atoms with Crippen LogP contribution < -0.4 is 16.0 Å². The molecular weight excluding hydrogens is 430 g/mol. The molecule has 3 rings (SSSR count). The molecule has 1 heterocycles. The fourth-order valence-electron chi connectivity index (χ4n) is 3.07. The average molecular weight is 454 g/mol. The number of hydrogen-bond acceptors (Lipinski definition) is 7. The Morgan fingerprint density at radius 2 is 1.88 bits per heavy atom. The standard InChI is InChI=1S/C22H23N5O4S/c1-14(24-15(2)28)16-7-9-17(10-8-16)19-13-32-22(25-19)26-21(29)11-12-23-18-5-3-4-6-20(18)27(30)31/h3-10,13-14,23H,11-12H2,1-2H3,(H,24,28)(H,25,26,29). The fourth-order valence-corrected chi connectivity index (χ4v) is 3.81. The van der Waals surface area contributed by atoms with E-state index in [0.29, 0.717) is 10.8 Å². The van der Waals surface area contributed by atoms with Crippen LogP contribution >= 0.6 is 11.3 Å². The molecule has 0 fully saturated rings. The smallest absolute Gasteiger partial charge is 0.292 e. The number of anilines is 2. The Hall–Kier alpha value is -3.79. The van der Waals surface area contributed by atoms with Gasteiger partial charge in [-0.05, 0) is 18.6 Å². The van der Waals surface area contributed by atoms with Crippen LogP contribution in [0.15, 0.2) is 53.9 Å². The summed E-state index contributed by atoms with van der Waals surface area (Å²) >= 11 is 1.32. The Morgan fingerprint density at radius 1 is 1.16 bits per heavy atom. The van der Waals surface area contributed by atoms with Gasteiger partial charge in [0, 0.05) is 36.9 Å². The third-order valence-corrected chi connectivity index (χ3v) is 5.40. The van der Waals surface area contributed by atoms with Crippen molar-refractivity contribution >= 4 is 39.7 Å². The first kappa shape index (κ1) is 22.9. The molecule has 0 spiro atoms. The van der Waals surface area contributed by atoms with Gasteiger partial charge >= 0.3 is 0 Å². The average Bonchev–Trinajstić information content (AvgIpc) is 3.22. The fraction of sp³-hybridized carbons (Fsp3) is 0.227. The number of carbonyl (C=O) groups is 2. The lowest BCUT2D eigenvalue weighted by Gasteiger charge is -2.13. The van der Waals surface area contributed by atoms with Crippen LogP contribution in [0.1, 0.15) is 31.9 Å². The summed E-state index contributed by atoms with van der Waals surface area (Å²) in [7, 11) is 0. The number of nitro benzene ring substituents is 1. The predicted octanol–water partition coefficient (Wildman–Crippen LogP) is 4.36. The first-order valence-electron chi connectivity index (χ1n) is 9.93. The number of thiazole rings is 1. The summed E-state index contributed by atoms with van der Waals surface area (Å²) in [5.41, 5.74) is 2.97. The quantitative estimate of drug-likeness (QED) is 0.326. The highest BCUT2D eigenvalue weighted by Crippen LogP contribution is 2.26. The second-order valence-electron chi connectivity index (χ2n) is 7.08. The highest BCUT2D eigenvalue weighted by molar-refractivity contribution is 7.14. The van der Waals surface area contributed by atoms with Gasteiger partial charge in [-0.2, -0.15) is 0 Å². The van der Waals surface area contributed by atoms with Gasteiger partial charge in [-0.3, -0.25) is 19.7 Å². The maximum atomic E-state index is 12.2. The third-order valence-electron chi connectivity index (χ3n) is 4.65. The first-order valence-corrected chi connectivity index (χ1v) is 10.8. The van der Waals surface area contributed by atoms with Gasteiger partial charge in [0.1, 0.15) is 5.69 Å². The van der Waals surface area contributed by atoms with Crippen LogP contribution in [0.3, 0.4) is 0 Å². The molecule has 3 N–H and O–H groups in total. The van der Waals surface area contributed by atoms with Crippen molar-refractivity contribution in [3.8, 4) is 11.3 Å². The maximum absolute atomic E-state index is 12.2. The van der Waals surface area contributed by atoms with E-state index in [-0.39, 0.29) is 36.5 Å². The summed E-state index contributed by atoms with van der Waals surface area (Å²) in [5, 5.41) is 21.9. The van der Waals surface area contributed by atoms with E-state index in [1.165, 1.54) is 24.3 Å². The Kier molecular flexibility index (Phi) is 7.50. The van der Waals surface area contributed by atoms with Crippen LogP contribution in [-0.2, 0) is 9.59 Å². The molecule has 166 valence electrons. The van der Waals surface area contributed by atoms with Crippen molar-refractivity contribution in [2.75, 3.05) is 17.2 Å². The zero-order chi connectivity index (χ0) is 23.1. The van der Waals surface area contributed by atoms with Crippen molar-refractivity contribution in [1.82, 2.24) is 10.3 Å². The molecule has 0 aliphatic rings. The molecule has 3 aromatic rings. The van der Waals surface area contributed by atoms with E-state index in [2.05, 4.69) is 20.9 Å². The zero-order valence-corrected chi connectivity index (χ0v) is 18.4. The summed E-state index contributed by atoms with van der Waals surface area (Å²) < 4.78 is 0. The summed E-state index contributed by atoms with van der Waals surface area (Å²) in [5.74, 6) is -0.324.